The maximum atomic E-state index is 11.4. The van der Waals surface area contributed by atoms with Crippen LogP contribution in [0.1, 0.15) is 10.4 Å². The summed E-state index contributed by atoms with van der Waals surface area (Å²) in [6, 6.07) is 8.11. The molecule has 0 atom stereocenters. The predicted molar refractivity (Wildman–Crippen MR) is 62.7 cm³/mol. The highest BCUT2D eigenvalue weighted by molar-refractivity contribution is 5.91. The third kappa shape index (κ3) is 2.25. The summed E-state index contributed by atoms with van der Waals surface area (Å²) in [7, 11) is 1.32. The minimum atomic E-state index is -0.430. The molecule has 2 aromatic rings. The third-order valence-corrected chi connectivity index (χ3v) is 2.41. The lowest BCUT2D eigenvalue weighted by Crippen LogP contribution is -2.00. The van der Waals surface area contributed by atoms with Gasteiger partial charge in [0, 0.05) is 18.0 Å². The van der Waals surface area contributed by atoms with E-state index in [-0.39, 0.29) is 5.75 Å². The quantitative estimate of drug-likeness (QED) is 0.802. The first kappa shape index (κ1) is 11.1. The molecule has 0 amide bonds. The number of phenolic OH excluding ortho intramolecular Hbond substituents is 1. The SMILES string of the molecule is COC(=O)c1ccc(O)c(-c2ccncc2)c1. The second kappa shape index (κ2) is 4.65. The first-order chi connectivity index (χ1) is 8.22. The Bertz CT molecular complexity index is 538. The summed E-state index contributed by atoms with van der Waals surface area (Å²) in [5, 5.41) is 9.77. The number of hydrogen-bond donors (Lipinski definition) is 1. The fourth-order valence-corrected chi connectivity index (χ4v) is 1.54. The number of ether oxygens (including phenoxy) is 1. The van der Waals surface area contributed by atoms with Gasteiger partial charge in [0.05, 0.1) is 12.7 Å². The van der Waals surface area contributed by atoms with Crippen LogP contribution in [0, 0.1) is 0 Å². The zero-order valence-corrected chi connectivity index (χ0v) is 9.25. The van der Waals surface area contributed by atoms with Crippen molar-refractivity contribution in [1.29, 1.82) is 0 Å². The molecule has 0 unspecified atom stereocenters. The molecule has 0 aliphatic heterocycles. The molecular formula is C13H11NO3. The van der Waals surface area contributed by atoms with Gasteiger partial charge in [0.2, 0.25) is 0 Å². The summed E-state index contributed by atoms with van der Waals surface area (Å²) in [5.41, 5.74) is 1.77. The van der Waals surface area contributed by atoms with Gasteiger partial charge < -0.3 is 9.84 Å². The second-order valence-corrected chi connectivity index (χ2v) is 3.46. The molecule has 0 spiro atoms. The van der Waals surface area contributed by atoms with Crippen LogP contribution >= 0.6 is 0 Å². The normalized spacial score (nSPS) is 9.94. The average molecular weight is 229 g/mol. The van der Waals surface area contributed by atoms with Crippen molar-refractivity contribution in [3.8, 4) is 16.9 Å². The van der Waals surface area contributed by atoms with E-state index >= 15 is 0 Å². The van der Waals surface area contributed by atoms with E-state index in [2.05, 4.69) is 9.72 Å². The minimum absolute atomic E-state index is 0.115. The van der Waals surface area contributed by atoms with Gasteiger partial charge in [-0.2, -0.15) is 0 Å². The predicted octanol–water partition coefficient (Wildman–Crippen LogP) is 2.24. The van der Waals surface area contributed by atoms with E-state index in [4.69, 9.17) is 0 Å². The van der Waals surface area contributed by atoms with Crippen LogP contribution in [0.25, 0.3) is 11.1 Å². The maximum absolute atomic E-state index is 11.4. The number of benzene rings is 1. The third-order valence-electron chi connectivity index (χ3n) is 2.41. The highest BCUT2D eigenvalue weighted by Crippen LogP contribution is 2.29. The number of rotatable bonds is 2. The molecule has 17 heavy (non-hydrogen) atoms. The zero-order chi connectivity index (χ0) is 12.3. The first-order valence-electron chi connectivity index (χ1n) is 5.04. The van der Waals surface area contributed by atoms with Crippen LogP contribution in [0.15, 0.2) is 42.7 Å². The zero-order valence-electron chi connectivity index (χ0n) is 9.25. The van der Waals surface area contributed by atoms with Gasteiger partial charge in [-0.1, -0.05) is 0 Å². The first-order valence-corrected chi connectivity index (χ1v) is 5.04. The number of aromatic hydroxyl groups is 1. The number of carbonyl (C=O) groups is 1. The van der Waals surface area contributed by atoms with Crippen LogP contribution in [-0.4, -0.2) is 23.2 Å². The monoisotopic (exact) mass is 229 g/mol. The van der Waals surface area contributed by atoms with E-state index in [1.807, 2.05) is 0 Å². The molecule has 0 aliphatic rings. The number of aromatic nitrogens is 1. The van der Waals surface area contributed by atoms with Crippen molar-refractivity contribution in [3.05, 3.63) is 48.3 Å². The topological polar surface area (TPSA) is 59.4 Å². The van der Waals surface area contributed by atoms with Crippen molar-refractivity contribution in [3.63, 3.8) is 0 Å². The van der Waals surface area contributed by atoms with Crippen molar-refractivity contribution in [1.82, 2.24) is 4.98 Å². The highest BCUT2D eigenvalue weighted by Gasteiger charge is 2.10. The molecule has 1 heterocycles. The van der Waals surface area contributed by atoms with Crippen molar-refractivity contribution < 1.29 is 14.6 Å². The lowest BCUT2D eigenvalue weighted by Gasteiger charge is -2.06. The summed E-state index contributed by atoms with van der Waals surface area (Å²) < 4.78 is 4.63. The minimum Gasteiger partial charge on any atom is -0.507 e. The van der Waals surface area contributed by atoms with E-state index in [9.17, 15) is 9.90 Å². The summed E-state index contributed by atoms with van der Waals surface area (Å²) in [6.45, 7) is 0. The maximum Gasteiger partial charge on any atom is 0.337 e. The second-order valence-electron chi connectivity index (χ2n) is 3.46. The lowest BCUT2D eigenvalue weighted by atomic mass is 10.0. The van der Waals surface area contributed by atoms with E-state index in [1.165, 1.54) is 19.2 Å². The molecule has 4 heteroatoms. The Morgan fingerprint density at radius 1 is 1.24 bits per heavy atom. The van der Waals surface area contributed by atoms with E-state index in [0.29, 0.717) is 11.1 Å². The van der Waals surface area contributed by atoms with Crippen molar-refractivity contribution in [2.75, 3.05) is 7.11 Å². The number of carbonyl (C=O) groups excluding carboxylic acids is 1. The lowest BCUT2D eigenvalue weighted by molar-refractivity contribution is 0.0601. The molecule has 0 fully saturated rings. The molecule has 0 aliphatic carbocycles. The molecule has 0 saturated carbocycles. The molecule has 0 radical (unpaired) electrons. The Morgan fingerprint density at radius 2 is 1.94 bits per heavy atom. The molecule has 4 nitrogen and oxygen atoms in total. The summed E-state index contributed by atoms with van der Waals surface area (Å²) >= 11 is 0. The van der Waals surface area contributed by atoms with Crippen LogP contribution in [0.4, 0.5) is 0 Å². The molecular weight excluding hydrogens is 218 g/mol. The fraction of sp³-hybridized carbons (Fsp3) is 0.0769. The number of esters is 1. The van der Waals surface area contributed by atoms with Crippen LogP contribution in [0.5, 0.6) is 5.75 Å². The summed E-state index contributed by atoms with van der Waals surface area (Å²) in [5.74, 6) is -0.316. The largest absolute Gasteiger partial charge is 0.507 e. The van der Waals surface area contributed by atoms with Crippen LogP contribution in [0.2, 0.25) is 0 Å². The average Bonchev–Trinajstić information content (AvgIpc) is 2.39. The Balaban J connectivity index is 2.50. The smallest absolute Gasteiger partial charge is 0.337 e. The van der Waals surface area contributed by atoms with Crippen molar-refractivity contribution >= 4 is 5.97 Å². The van der Waals surface area contributed by atoms with Crippen molar-refractivity contribution in [2.45, 2.75) is 0 Å². The van der Waals surface area contributed by atoms with Gasteiger partial charge in [0.1, 0.15) is 5.75 Å². The fourth-order valence-electron chi connectivity index (χ4n) is 1.54. The van der Waals surface area contributed by atoms with Gasteiger partial charge >= 0.3 is 5.97 Å². The molecule has 1 aromatic heterocycles. The highest BCUT2D eigenvalue weighted by atomic mass is 16.5. The van der Waals surface area contributed by atoms with Gasteiger partial charge in [-0.25, -0.2) is 4.79 Å². The van der Waals surface area contributed by atoms with E-state index < -0.39 is 5.97 Å². The molecule has 2 rings (SSSR count). The molecule has 1 N–H and O–H groups in total. The molecule has 1 aromatic carbocycles. The molecule has 0 saturated heterocycles. The number of phenols is 1. The Morgan fingerprint density at radius 3 is 2.59 bits per heavy atom. The Hall–Kier alpha value is -2.36. The molecule has 86 valence electrons. The van der Waals surface area contributed by atoms with Crippen LogP contribution in [-0.2, 0) is 4.74 Å². The Labute approximate surface area is 98.5 Å². The van der Waals surface area contributed by atoms with Crippen LogP contribution in [0.3, 0.4) is 0 Å². The van der Waals surface area contributed by atoms with Gasteiger partial charge in [-0.05, 0) is 35.9 Å². The standard InChI is InChI=1S/C13H11NO3/c1-17-13(16)10-2-3-12(15)11(8-10)9-4-6-14-7-5-9/h2-8,15H,1H3. The number of nitrogens with zero attached hydrogens (tertiary/aromatic N) is 1. The van der Waals surface area contributed by atoms with Crippen molar-refractivity contribution in [2.24, 2.45) is 0 Å². The number of methoxy groups -OCH3 is 1. The summed E-state index contributed by atoms with van der Waals surface area (Å²) in [6.07, 6.45) is 3.25. The van der Waals surface area contributed by atoms with Gasteiger partial charge in [0.25, 0.3) is 0 Å². The van der Waals surface area contributed by atoms with E-state index in [1.54, 1.807) is 30.6 Å². The van der Waals surface area contributed by atoms with Gasteiger partial charge in [-0.3, -0.25) is 4.98 Å². The van der Waals surface area contributed by atoms with Gasteiger partial charge in [0.15, 0.2) is 0 Å². The Kier molecular flexibility index (Phi) is 3.05. The number of pyridine rings is 1. The number of hydrogen-bond acceptors (Lipinski definition) is 4. The molecule has 0 bridgehead atoms. The van der Waals surface area contributed by atoms with Crippen LogP contribution < -0.4 is 0 Å². The van der Waals surface area contributed by atoms with Gasteiger partial charge in [-0.15, -0.1) is 0 Å². The summed E-state index contributed by atoms with van der Waals surface area (Å²) in [4.78, 5) is 15.3. The van der Waals surface area contributed by atoms with E-state index in [0.717, 1.165) is 5.56 Å².